The Morgan fingerprint density at radius 2 is 1.88 bits per heavy atom. The number of hydrogen-bond acceptors (Lipinski definition) is 2. The molecule has 0 heterocycles. The lowest BCUT2D eigenvalue weighted by atomic mass is 9.87. The monoisotopic (exact) mass is 248 g/mol. The summed E-state index contributed by atoms with van der Waals surface area (Å²) < 4.78 is 0. The Hall–Kier alpha value is -0.760. The number of ketones is 1. The molecule has 0 spiro atoms. The average molecular weight is 248 g/mol. The molecule has 1 aliphatic rings. The van der Waals surface area contributed by atoms with Gasteiger partial charge < -0.3 is 0 Å². The van der Waals surface area contributed by atoms with Crippen LogP contribution in [0.1, 0.15) is 38.2 Å². The Balaban J connectivity index is 2.10. The third-order valence-corrected chi connectivity index (χ3v) is 4.82. The van der Waals surface area contributed by atoms with Crippen molar-refractivity contribution in [3.8, 4) is 0 Å². The van der Waals surface area contributed by atoms with Gasteiger partial charge in [-0.3, -0.25) is 4.79 Å². The van der Waals surface area contributed by atoms with Crippen molar-refractivity contribution >= 4 is 18.4 Å². The first-order valence-corrected chi connectivity index (χ1v) is 6.89. The second kappa shape index (κ2) is 5.26. The van der Waals surface area contributed by atoms with E-state index in [4.69, 9.17) is 12.6 Å². The van der Waals surface area contributed by atoms with Crippen molar-refractivity contribution in [3.05, 3.63) is 35.9 Å². The van der Waals surface area contributed by atoms with E-state index < -0.39 is 0 Å². The van der Waals surface area contributed by atoms with Crippen LogP contribution in [0.3, 0.4) is 0 Å². The van der Waals surface area contributed by atoms with Gasteiger partial charge in [-0.15, -0.1) is 0 Å². The van der Waals surface area contributed by atoms with Crippen molar-refractivity contribution in [1.82, 2.24) is 0 Å². The topological polar surface area (TPSA) is 17.1 Å². The number of thiol groups is 1. The van der Waals surface area contributed by atoms with Crippen molar-refractivity contribution in [2.45, 2.75) is 37.9 Å². The van der Waals surface area contributed by atoms with Crippen molar-refractivity contribution in [3.63, 3.8) is 0 Å². The summed E-state index contributed by atoms with van der Waals surface area (Å²) in [5.41, 5.74) is 1.28. The first kappa shape index (κ1) is 12.7. The molecule has 0 aromatic heterocycles. The molecule has 0 bridgehead atoms. The van der Waals surface area contributed by atoms with Crippen LogP contribution in [-0.2, 0) is 4.79 Å². The van der Waals surface area contributed by atoms with Crippen LogP contribution in [0.25, 0.3) is 0 Å². The largest absolute Gasteiger partial charge is 0.299 e. The predicted molar refractivity (Wildman–Crippen MR) is 74.5 cm³/mol. The van der Waals surface area contributed by atoms with Gasteiger partial charge in [0.15, 0.2) is 0 Å². The number of hydrogen-bond donors (Lipinski definition) is 1. The van der Waals surface area contributed by atoms with Gasteiger partial charge in [-0.25, -0.2) is 0 Å². The van der Waals surface area contributed by atoms with Gasteiger partial charge in [0.1, 0.15) is 5.78 Å². The number of carbonyl (C=O) groups excluding carboxylic acids is 1. The van der Waals surface area contributed by atoms with Crippen LogP contribution in [0.4, 0.5) is 0 Å². The molecule has 1 aromatic rings. The number of carbonyl (C=O) groups is 1. The van der Waals surface area contributed by atoms with E-state index in [2.05, 4.69) is 19.1 Å². The first-order chi connectivity index (χ1) is 8.11. The number of Topliss-reactive ketones (excluding diaryl/α,β-unsaturated/α-hetero) is 1. The van der Waals surface area contributed by atoms with Gasteiger partial charge >= 0.3 is 0 Å². The highest BCUT2D eigenvalue weighted by atomic mass is 32.1. The highest BCUT2D eigenvalue weighted by Crippen LogP contribution is 2.37. The maximum atomic E-state index is 12.0. The summed E-state index contributed by atoms with van der Waals surface area (Å²) >= 11 is 4.71. The lowest BCUT2D eigenvalue weighted by Gasteiger charge is -2.24. The van der Waals surface area contributed by atoms with Crippen LogP contribution in [-0.4, -0.2) is 11.0 Å². The molecule has 92 valence electrons. The zero-order chi connectivity index (χ0) is 12.4. The first-order valence-electron chi connectivity index (χ1n) is 6.38. The van der Waals surface area contributed by atoms with E-state index in [1.807, 2.05) is 25.1 Å². The molecule has 2 heteroatoms. The molecule has 4 unspecified atom stereocenters. The Morgan fingerprint density at radius 3 is 2.41 bits per heavy atom. The lowest BCUT2D eigenvalue weighted by molar-refractivity contribution is -0.123. The van der Waals surface area contributed by atoms with Gasteiger partial charge in [0, 0.05) is 17.1 Å². The highest BCUT2D eigenvalue weighted by molar-refractivity contribution is 7.81. The molecule has 0 aliphatic heterocycles. The fourth-order valence-corrected chi connectivity index (χ4v) is 3.19. The van der Waals surface area contributed by atoms with E-state index in [0.717, 1.165) is 12.8 Å². The van der Waals surface area contributed by atoms with Crippen molar-refractivity contribution in [2.24, 2.45) is 11.8 Å². The summed E-state index contributed by atoms with van der Waals surface area (Å²) in [6, 6.07) is 10.4. The molecule has 0 radical (unpaired) electrons. The van der Waals surface area contributed by atoms with Crippen LogP contribution < -0.4 is 0 Å². The average Bonchev–Trinajstić information content (AvgIpc) is 2.69. The van der Waals surface area contributed by atoms with E-state index >= 15 is 0 Å². The summed E-state index contributed by atoms with van der Waals surface area (Å²) in [6.07, 6.45) is 2.04. The Labute approximate surface area is 109 Å². The minimum absolute atomic E-state index is 0.142. The Morgan fingerprint density at radius 1 is 1.24 bits per heavy atom. The molecule has 17 heavy (non-hydrogen) atoms. The molecule has 0 N–H and O–H groups in total. The van der Waals surface area contributed by atoms with E-state index in [-0.39, 0.29) is 17.1 Å². The zero-order valence-corrected chi connectivity index (χ0v) is 11.4. The van der Waals surface area contributed by atoms with E-state index in [1.165, 1.54) is 5.56 Å². The van der Waals surface area contributed by atoms with Gasteiger partial charge in [0.25, 0.3) is 0 Å². The molecule has 1 aliphatic carbocycles. The fraction of sp³-hybridized carbons (Fsp3) is 0.533. The summed E-state index contributed by atoms with van der Waals surface area (Å²) in [6.45, 7) is 4.21. The minimum atomic E-state index is 0.142. The second-order valence-electron chi connectivity index (χ2n) is 5.18. The molecule has 0 saturated heterocycles. The second-order valence-corrected chi connectivity index (χ2v) is 5.77. The third-order valence-electron chi connectivity index (χ3n) is 4.01. The molecule has 0 amide bonds. The van der Waals surface area contributed by atoms with E-state index in [1.54, 1.807) is 0 Å². The van der Waals surface area contributed by atoms with Gasteiger partial charge in [-0.1, -0.05) is 44.2 Å². The molecular formula is C15H20OS. The normalized spacial score (nSPS) is 28.1. The summed E-state index contributed by atoms with van der Waals surface area (Å²) in [5.74, 6) is 1.12. The number of rotatable bonds is 3. The van der Waals surface area contributed by atoms with Crippen LogP contribution in [0.15, 0.2) is 30.3 Å². The van der Waals surface area contributed by atoms with Crippen LogP contribution in [0.2, 0.25) is 0 Å². The molecule has 1 fully saturated rings. The Bertz CT molecular complexity index is 387. The molecular weight excluding hydrogens is 228 g/mol. The van der Waals surface area contributed by atoms with Gasteiger partial charge in [0.2, 0.25) is 0 Å². The van der Waals surface area contributed by atoms with Crippen molar-refractivity contribution < 1.29 is 4.79 Å². The summed E-state index contributed by atoms with van der Waals surface area (Å²) in [5, 5.41) is 0.148. The quantitative estimate of drug-likeness (QED) is 0.807. The summed E-state index contributed by atoms with van der Waals surface area (Å²) in [7, 11) is 0. The van der Waals surface area contributed by atoms with Crippen LogP contribution in [0.5, 0.6) is 0 Å². The van der Waals surface area contributed by atoms with Crippen molar-refractivity contribution in [1.29, 1.82) is 0 Å². The predicted octanol–water partition coefficient (Wildman–Crippen LogP) is 3.70. The standard InChI is InChI=1S/C15H20OS/c1-10-8-9-13(14(10)16)15(17)11(2)12-6-4-3-5-7-12/h3-7,10-11,13,15,17H,8-9H2,1-2H3. The zero-order valence-electron chi connectivity index (χ0n) is 10.5. The maximum absolute atomic E-state index is 12.0. The third kappa shape index (κ3) is 2.57. The Kier molecular flexibility index (Phi) is 3.93. The fourth-order valence-electron chi connectivity index (χ4n) is 2.72. The smallest absolute Gasteiger partial charge is 0.139 e. The molecule has 1 nitrogen and oxygen atoms in total. The minimum Gasteiger partial charge on any atom is -0.299 e. The summed E-state index contributed by atoms with van der Waals surface area (Å²) in [4.78, 5) is 12.0. The van der Waals surface area contributed by atoms with Crippen LogP contribution in [0, 0.1) is 11.8 Å². The van der Waals surface area contributed by atoms with E-state index in [9.17, 15) is 4.79 Å². The maximum Gasteiger partial charge on any atom is 0.139 e. The van der Waals surface area contributed by atoms with Gasteiger partial charge in [-0.2, -0.15) is 12.6 Å². The van der Waals surface area contributed by atoms with Gasteiger partial charge in [-0.05, 0) is 24.3 Å². The van der Waals surface area contributed by atoms with Crippen molar-refractivity contribution in [2.75, 3.05) is 0 Å². The SMILES string of the molecule is CC1CCC(C(S)C(C)c2ccccc2)C1=O. The van der Waals surface area contributed by atoms with Gasteiger partial charge in [0.05, 0.1) is 0 Å². The molecule has 1 aromatic carbocycles. The van der Waals surface area contributed by atoms with E-state index in [0.29, 0.717) is 11.7 Å². The highest BCUT2D eigenvalue weighted by Gasteiger charge is 2.37. The molecule has 2 rings (SSSR count). The molecule has 1 saturated carbocycles. The van der Waals surface area contributed by atoms with Crippen LogP contribution >= 0.6 is 12.6 Å². The lowest BCUT2D eigenvalue weighted by Crippen LogP contribution is -2.26. The number of benzene rings is 1. The molecule has 4 atom stereocenters.